The highest BCUT2D eigenvalue weighted by Crippen LogP contribution is 2.27. The second-order valence-electron chi connectivity index (χ2n) is 4.72. The second kappa shape index (κ2) is 7.12. The molecule has 2 rings (SSSR count). The van der Waals surface area contributed by atoms with E-state index >= 15 is 0 Å². The van der Waals surface area contributed by atoms with Gasteiger partial charge in [-0.2, -0.15) is 0 Å². The first kappa shape index (κ1) is 18.1. The van der Waals surface area contributed by atoms with Crippen molar-refractivity contribution in [2.75, 3.05) is 11.1 Å². The quantitative estimate of drug-likeness (QED) is 0.297. The summed E-state index contributed by atoms with van der Waals surface area (Å²) in [5, 5.41) is 1.92. The predicted molar refractivity (Wildman–Crippen MR) is 77.1 cm³/mol. The van der Waals surface area contributed by atoms with E-state index in [4.69, 9.17) is 0 Å². The zero-order valence-electron chi connectivity index (χ0n) is 12.4. The van der Waals surface area contributed by atoms with E-state index in [0.29, 0.717) is 11.4 Å². The highest BCUT2D eigenvalue weighted by Gasteiger charge is 2.26. The molecule has 2 aromatic rings. The SMILES string of the molecule is Cc1cc(C)nc(SCC(=O)Nc2c(F)c(F)c(F)c(F)c2F)n1. The van der Waals surface area contributed by atoms with E-state index in [1.54, 1.807) is 25.2 Å². The highest BCUT2D eigenvalue weighted by molar-refractivity contribution is 7.99. The third-order valence-electron chi connectivity index (χ3n) is 2.77. The Morgan fingerprint density at radius 2 is 1.42 bits per heavy atom. The summed E-state index contributed by atoms with van der Waals surface area (Å²) in [7, 11) is 0. The molecule has 24 heavy (non-hydrogen) atoms. The highest BCUT2D eigenvalue weighted by atomic mass is 32.2. The van der Waals surface area contributed by atoms with E-state index in [2.05, 4.69) is 9.97 Å². The van der Waals surface area contributed by atoms with Gasteiger partial charge in [0.1, 0.15) is 5.69 Å². The maximum atomic E-state index is 13.5. The van der Waals surface area contributed by atoms with Crippen molar-refractivity contribution in [1.29, 1.82) is 0 Å². The van der Waals surface area contributed by atoms with Crippen LogP contribution in [0.3, 0.4) is 0 Å². The Hall–Kier alpha value is -2.23. The molecule has 0 bridgehead atoms. The van der Waals surface area contributed by atoms with E-state index in [0.717, 1.165) is 11.8 Å². The number of carbonyl (C=O) groups excluding carboxylic acids is 1. The van der Waals surface area contributed by atoms with Crippen LogP contribution >= 0.6 is 11.8 Å². The van der Waals surface area contributed by atoms with Gasteiger partial charge in [0, 0.05) is 11.4 Å². The van der Waals surface area contributed by atoms with Crippen LogP contribution < -0.4 is 5.32 Å². The molecular formula is C14H10F5N3OS. The maximum absolute atomic E-state index is 13.5. The Bertz CT molecular complexity index is 766. The van der Waals surface area contributed by atoms with E-state index in [1.807, 2.05) is 0 Å². The number of thioether (sulfide) groups is 1. The second-order valence-corrected chi connectivity index (χ2v) is 5.66. The number of aryl methyl sites for hydroxylation is 2. The number of nitrogens with one attached hydrogen (secondary N) is 1. The molecule has 1 N–H and O–H groups in total. The average molecular weight is 363 g/mol. The van der Waals surface area contributed by atoms with E-state index in [1.165, 1.54) is 0 Å². The molecule has 128 valence electrons. The molecule has 0 fully saturated rings. The predicted octanol–water partition coefficient (Wildman–Crippen LogP) is 3.52. The minimum absolute atomic E-state index is 0.250. The summed E-state index contributed by atoms with van der Waals surface area (Å²) in [4.78, 5) is 19.8. The number of amides is 1. The molecule has 0 radical (unpaired) electrons. The fourth-order valence-electron chi connectivity index (χ4n) is 1.78. The number of rotatable bonds is 4. The normalized spacial score (nSPS) is 10.8. The molecule has 1 heterocycles. The first-order valence-corrected chi connectivity index (χ1v) is 7.45. The summed E-state index contributed by atoms with van der Waals surface area (Å²) in [5.41, 5.74) is -0.0753. The molecular weight excluding hydrogens is 353 g/mol. The summed E-state index contributed by atoms with van der Waals surface area (Å²) in [6.07, 6.45) is 0. The first-order chi connectivity index (χ1) is 11.2. The van der Waals surface area contributed by atoms with Gasteiger partial charge in [-0.3, -0.25) is 4.79 Å². The van der Waals surface area contributed by atoms with E-state index in [9.17, 15) is 26.7 Å². The number of halogens is 5. The molecule has 0 aliphatic heterocycles. The van der Waals surface area contributed by atoms with Crippen LogP contribution in [0.4, 0.5) is 27.6 Å². The zero-order valence-corrected chi connectivity index (χ0v) is 13.2. The van der Waals surface area contributed by atoms with Crippen LogP contribution in [0.15, 0.2) is 11.2 Å². The van der Waals surface area contributed by atoms with Crippen LogP contribution in [-0.2, 0) is 4.79 Å². The third-order valence-corrected chi connectivity index (χ3v) is 3.62. The van der Waals surface area contributed by atoms with Crippen molar-refractivity contribution in [2.45, 2.75) is 19.0 Å². The van der Waals surface area contributed by atoms with Gasteiger partial charge in [-0.05, 0) is 19.9 Å². The molecule has 0 saturated heterocycles. The van der Waals surface area contributed by atoms with Crippen molar-refractivity contribution in [3.8, 4) is 0 Å². The number of carbonyl (C=O) groups is 1. The van der Waals surface area contributed by atoms with Gasteiger partial charge in [0.05, 0.1) is 5.75 Å². The Morgan fingerprint density at radius 3 is 1.92 bits per heavy atom. The standard InChI is InChI=1S/C14H10F5N3OS/c1-5-3-6(2)21-14(20-5)24-4-7(23)22-13-11(18)9(16)8(15)10(17)12(13)19/h3H,4H2,1-2H3,(H,22,23). The Morgan fingerprint density at radius 1 is 0.958 bits per heavy atom. The van der Waals surface area contributed by atoms with Crippen molar-refractivity contribution in [3.63, 3.8) is 0 Å². The fraction of sp³-hybridized carbons (Fsp3) is 0.214. The maximum Gasteiger partial charge on any atom is 0.235 e. The first-order valence-electron chi connectivity index (χ1n) is 6.47. The molecule has 1 amide bonds. The van der Waals surface area contributed by atoms with Gasteiger partial charge >= 0.3 is 0 Å². The van der Waals surface area contributed by atoms with Crippen LogP contribution in [0, 0.1) is 42.9 Å². The van der Waals surface area contributed by atoms with E-state index < -0.39 is 40.7 Å². The van der Waals surface area contributed by atoms with Crippen molar-refractivity contribution in [3.05, 3.63) is 46.5 Å². The molecule has 1 aromatic carbocycles. The number of anilines is 1. The summed E-state index contributed by atoms with van der Waals surface area (Å²) in [6, 6.07) is 1.71. The smallest absolute Gasteiger partial charge is 0.235 e. The van der Waals surface area contributed by atoms with Gasteiger partial charge < -0.3 is 5.32 Å². The monoisotopic (exact) mass is 363 g/mol. The lowest BCUT2D eigenvalue weighted by molar-refractivity contribution is -0.113. The molecule has 0 aliphatic rings. The molecule has 4 nitrogen and oxygen atoms in total. The average Bonchev–Trinajstić information content (AvgIpc) is 2.52. The van der Waals surface area contributed by atoms with Gasteiger partial charge in [-0.15, -0.1) is 0 Å². The largest absolute Gasteiger partial charge is 0.320 e. The van der Waals surface area contributed by atoms with Crippen LogP contribution in [0.2, 0.25) is 0 Å². The Kier molecular flexibility index (Phi) is 5.37. The minimum Gasteiger partial charge on any atom is -0.320 e. The molecule has 0 aliphatic carbocycles. The molecule has 0 saturated carbocycles. The number of benzene rings is 1. The molecule has 0 unspecified atom stereocenters. The summed E-state index contributed by atoms with van der Waals surface area (Å²) < 4.78 is 66.0. The summed E-state index contributed by atoms with van der Waals surface area (Å²) >= 11 is 0.859. The summed E-state index contributed by atoms with van der Waals surface area (Å²) in [5.74, 6) is -12.1. The number of aromatic nitrogens is 2. The minimum atomic E-state index is -2.29. The zero-order chi connectivity index (χ0) is 18.0. The van der Waals surface area contributed by atoms with Gasteiger partial charge in [0.25, 0.3) is 0 Å². The number of hydrogen-bond donors (Lipinski definition) is 1. The lowest BCUT2D eigenvalue weighted by Crippen LogP contribution is -2.18. The Labute approximate surface area is 137 Å². The van der Waals surface area contributed by atoms with Crippen molar-refractivity contribution in [2.24, 2.45) is 0 Å². The number of nitrogens with zero attached hydrogens (tertiary/aromatic N) is 2. The molecule has 1 aromatic heterocycles. The van der Waals surface area contributed by atoms with Crippen LogP contribution in [0.1, 0.15) is 11.4 Å². The van der Waals surface area contributed by atoms with Gasteiger partial charge in [-0.25, -0.2) is 31.9 Å². The van der Waals surface area contributed by atoms with Crippen LogP contribution in [0.5, 0.6) is 0 Å². The topological polar surface area (TPSA) is 54.9 Å². The number of hydrogen-bond acceptors (Lipinski definition) is 4. The molecule has 0 spiro atoms. The Balaban J connectivity index is 2.13. The third kappa shape index (κ3) is 3.81. The van der Waals surface area contributed by atoms with Gasteiger partial charge in [0.2, 0.25) is 11.7 Å². The van der Waals surface area contributed by atoms with Crippen molar-refractivity contribution in [1.82, 2.24) is 9.97 Å². The van der Waals surface area contributed by atoms with Crippen LogP contribution in [0.25, 0.3) is 0 Å². The molecule has 10 heteroatoms. The lowest BCUT2D eigenvalue weighted by atomic mass is 10.2. The van der Waals surface area contributed by atoms with E-state index in [-0.39, 0.29) is 10.9 Å². The van der Waals surface area contributed by atoms with Gasteiger partial charge in [-0.1, -0.05) is 11.8 Å². The van der Waals surface area contributed by atoms with Crippen molar-refractivity contribution < 1.29 is 26.7 Å². The van der Waals surface area contributed by atoms with Gasteiger partial charge in [0.15, 0.2) is 28.4 Å². The molecule has 0 atom stereocenters. The van der Waals surface area contributed by atoms with Crippen molar-refractivity contribution >= 4 is 23.4 Å². The van der Waals surface area contributed by atoms with Crippen LogP contribution in [-0.4, -0.2) is 21.6 Å². The fourth-order valence-corrected chi connectivity index (χ4v) is 2.53. The lowest BCUT2D eigenvalue weighted by Gasteiger charge is -2.09. The summed E-state index contributed by atoms with van der Waals surface area (Å²) in [6.45, 7) is 3.43.